The van der Waals surface area contributed by atoms with Crippen molar-refractivity contribution in [1.82, 2.24) is 0 Å². The summed E-state index contributed by atoms with van der Waals surface area (Å²) in [5, 5.41) is 8.52. The number of carboxylic acids is 1. The first-order valence-electron chi connectivity index (χ1n) is 5.41. The molecular weight excluding hydrogens is 238 g/mol. The number of aliphatic carboxylic acids is 1. The zero-order chi connectivity index (χ0) is 13.5. The van der Waals surface area contributed by atoms with Gasteiger partial charge in [0.2, 0.25) is 0 Å². The SMILES string of the molecule is CC(C)(C)Cl.NC(Cc1ccccc1)C(=O)O. The molecule has 0 radical (unpaired) electrons. The minimum absolute atomic E-state index is 0.0278. The molecule has 0 aliphatic carbocycles. The Morgan fingerprint density at radius 2 is 1.76 bits per heavy atom. The molecule has 0 aliphatic rings. The summed E-state index contributed by atoms with van der Waals surface area (Å²) in [5.74, 6) is -0.959. The fraction of sp³-hybridized carbons (Fsp3) is 0.462. The van der Waals surface area contributed by atoms with Gasteiger partial charge < -0.3 is 10.8 Å². The predicted molar refractivity (Wildman–Crippen MR) is 71.4 cm³/mol. The van der Waals surface area contributed by atoms with Gasteiger partial charge in [-0.3, -0.25) is 4.79 Å². The van der Waals surface area contributed by atoms with E-state index in [2.05, 4.69) is 0 Å². The van der Waals surface area contributed by atoms with Gasteiger partial charge in [-0.05, 0) is 32.8 Å². The first-order valence-corrected chi connectivity index (χ1v) is 5.79. The molecule has 3 N–H and O–H groups in total. The molecule has 0 bridgehead atoms. The number of alkyl halides is 1. The van der Waals surface area contributed by atoms with E-state index in [0.717, 1.165) is 5.56 Å². The fourth-order valence-corrected chi connectivity index (χ4v) is 0.955. The maximum atomic E-state index is 10.4. The van der Waals surface area contributed by atoms with Crippen molar-refractivity contribution in [2.75, 3.05) is 0 Å². The Bertz CT molecular complexity index is 327. The van der Waals surface area contributed by atoms with Crippen LogP contribution in [0.3, 0.4) is 0 Å². The lowest BCUT2D eigenvalue weighted by Crippen LogP contribution is -2.32. The highest BCUT2D eigenvalue weighted by atomic mass is 35.5. The molecule has 1 aromatic carbocycles. The third-order valence-corrected chi connectivity index (χ3v) is 1.62. The quantitative estimate of drug-likeness (QED) is 0.819. The van der Waals surface area contributed by atoms with E-state index in [0.29, 0.717) is 6.42 Å². The van der Waals surface area contributed by atoms with Crippen LogP contribution >= 0.6 is 11.6 Å². The van der Waals surface area contributed by atoms with Crippen LogP contribution in [-0.4, -0.2) is 22.0 Å². The molecule has 0 saturated heterocycles. The molecule has 4 heteroatoms. The monoisotopic (exact) mass is 257 g/mol. The largest absolute Gasteiger partial charge is 0.480 e. The van der Waals surface area contributed by atoms with Crippen molar-refractivity contribution >= 4 is 17.6 Å². The maximum Gasteiger partial charge on any atom is 0.320 e. The molecule has 0 fully saturated rings. The Morgan fingerprint density at radius 1 is 1.35 bits per heavy atom. The summed E-state index contributed by atoms with van der Waals surface area (Å²) in [7, 11) is 0. The van der Waals surface area contributed by atoms with Crippen LogP contribution in [0.4, 0.5) is 0 Å². The molecule has 1 atom stereocenters. The summed E-state index contributed by atoms with van der Waals surface area (Å²) in [6, 6.07) is 8.54. The summed E-state index contributed by atoms with van der Waals surface area (Å²) in [6.07, 6.45) is 0.385. The third-order valence-electron chi connectivity index (χ3n) is 1.62. The molecule has 0 aromatic heterocycles. The second-order valence-corrected chi connectivity index (χ2v) is 5.84. The van der Waals surface area contributed by atoms with E-state index in [-0.39, 0.29) is 4.87 Å². The van der Waals surface area contributed by atoms with Gasteiger partial charge in [-0.1, -0.05) is 30.3 Å². The Labute approximate surface area is 108 Å². The van der Waals surface area contributed by atoms with Gasteiger partial charge >= 0.3 is 5.97 Å². The Kier molecular flexibility index (Phi) is 6.85. The lowest BCUT2D eigenvalue weighted by Gasteiger charge is -2.04. The highest BCUT2D eigenvalue weighted by Gasteiger charge is 2.10. The normalized spacial score (nSPS) is 12.3. The highest BCUT2D eigenvalue weighted by Crippen LogP contribution is 2.08. The number of rotatable bonds is 3. The summed E-state index contributed by atoms with van der Waals surface area (Å²) < 4.78 is 0. The van der Waals surface area contributed by atoms with Crippen LogP contribution < -0.4 is 5.73 Å². The van der Waals surface area contributed by atoms with Gasteiger partial charge in [0.05, 0.1) is 0 Å². The van der Waals surface area contributed by atoms with E-state index < -0.39 is 12.0 Å². The van der Waals surface area contributed by atoms with Gasteiger partial charge in [-0.15, -0.1) is 11.6 Å². The summed E-state index contributed by atoms with van der Waals surface area (Å²) in [6.45, 7) is 5.86. The number of hydrogen-bond donors (Lipinski definition) is 2. The summed E-state index contributed by atoms with van der Waals surface area (Å²) >= 11 is 5.53. The molecule has 1 aromatic rings. The van der Waals surface area contributed by atoms with Crippen molar-refractivity contribution in [2.45, 2.75) is 38.1 Å². The molecule has 1 rings (SSSR count). The standard InChI is InChI=1S/C9H11NO2.C4H9Cl/c10-8(9(11)12)6-7-4-2-1-3-5-7;1-4(2,3)5/h1-5,8H,6,10H2,(H,11,12);1-3H3. The zero-order valence-electron chi connectivity index (χ0n) is 10.5. The molecule has 0 aliphatic heterocycles. The minimum atomic E-state index is -0.959. The third kappa shape index (κ3) is 11.2. The van der Waals surface area contributed by atoms with Crippen LogP contribution in [0, 0.1) is 0 Å². The molecular formula is C13H20ClNO2. The number of nitrogens with two attached hydrogens (primary N) is 1. The van der Waals surface area contributed by atoms with E-state index in [1.807, 2.05) is 51.1 Å². The molecule has 3 nitrogen and oxygen atoms in total. The molecule has 0 saturated carbocycles. The average Bonchev–Trinajstić information content (AvgIpc) is 2.16. The van der Waals surface area contributed by atoms with Gasteiger partial charge in [-0.25, -0.2) is 0 Å². The van der Waals surface area contributed by atoms with E-state index >= 15 is 0 Å². The van der Waals surface area contributed by atoms with E-state index in [1.54, 1.807) is 0 Å². The van der Waals surface area contributed by atoms with Crippen molar-refractivity contribution in [3.63, 3.8) is 0 Å². The van der Waals surface area contributed by atoms with E-state index in [9.17, 15) is 4.79 Å². The second kappa shape index (κ2) is 7.30. The Hall–Kier alpha value is -1.06. The van der Waals surface area contributed by atoms with Crippen molar-refractivity contribution < 1.29 is 9.90 Å². The number of hydrogen-bond acceptors (Lipinski definition) is 2. The predicted octanol–water partition coefficient (Wildman–Crippen LogP) is 2.66. The molecule has 0 heterocycles. The molecule has 0 spiro atoms. The average molecular weight is 258 g/mol. The van der Waals surface area contributed by atoms with Crippen LogP contribution in [0.1, 0.15) is 26.3 Å². The first-order chi connectivity index (χ1) is 7.70. The molecule has 96 valence electrons. The number of benzene rings is 1. The fourth-order valence-electron chi connectivity index (χ4n) is 0.955. The number of carboxylic acid groups (broad SMARTS) is 1. The van der Waals surface area contributed by atoms with Crippen molar-refractivity contribution in [2.24, 2.45) is 5.73 Å². The summed E-state index contributed by atoms with van der Waals surface area (Å²) in [4.78, 5) is 10.4. The van der Waals surface area contributed by atoms with Gasteiger partial charge in [-0.2, -0.15) is 0 Å². The van der Waals surface area contributed by atoms with Crippen LogP contribution in [-0.2, 0) is 11.2 Å². The molecule has 17 heavy (non-hydrogen) atoms. The van der Waals surface area contributed by atoms with Crippen molar-refractivity contribution in [3.05, 3.63) is 35.9 Å². The topological polar surface area (TPSA) is 63.3 Å². The van der Waals surface area contributed by atoms with E-state index in [1.165, 1.54) is 0 Å². The number of carbonyl (C=O) groups is 1. The van der Waals surface area contributed by atoms with E-state index in [4.69, 9.17) is 22.4 Å². The second-order valence-electron chi connectivity index (χ2n) is 4.70. The van der Waals surface area contributed by atoms with Gasteiger partial charge in [0.25, 0.3) is 0 Å². The maximum absolute atomic E-state index is 10.4. The van der Waals surface area contributed by atoms with Crippen molar-refractivity contribution in [3.8, 4) is 0 Å². The number of halogens is 1. The van der Waals surface area contributed by atoms with Gasteiger partial charge in [0.15, 0.2) is 0 Å². The first kappa shape index (κ1) is 15.9. The molecule has 1 unspecified atom stereocenters. The Morgan fingerprint density at radius 3 is 2.12 bits per heavy atom. The lowest BCUT2D eigenvalue weighted by atomic mass is 10.1. The highest BCUT2D eigenvalue weighted by molar-refractivity contribution is 6.23. The lowest BCUT2D eigenvalue weighted by molar-refractivity contribution is -0.138. The van der Waals surface area contributed by atoms with Crippen molar-refractivity contribution in [1.29, 1.82) is 0 Å². The molecule has 0 amide bonds. The smallest absolute Gasteiger partial charge is 0.320 e. The Balaban J connectivity index is 0.000000437. The zero-order valence-corrected chi connectivity index (χ0v) is 11.2. The van der Waals surface area contributed by atoms with Gasteiger partial charge in [0.1, 0.15) is 6.04 Å². The summed E-state index contributed by atoms with van der Waals surface area (Å²) in [5.41, 5.74) is 6.30. The van der Waals surface area contributed by atoms with Crippen LogP contribution in [0.5, 0.6) is 0 Å². The van der Waals surface area contributed by atoms with Gasteiger partial charge in [0, 0.05) is 4.87 Å². The van der Waals surface area contributed by atoms with Crippen LogP contribution in [0.25, 0.3) is 0 Å². The van der Waals surface area contributed by atoms with Crippen LogP contribution in [0.15, 0.2) is 30.3 Å². The minimum Gasteiger partial charge on any atom is -0.480 e. The van der Waals surface area contributed by atoms with Crippen LogP contribution in [0.2, 0.25) is 0 Å².